The van der Waals surface area contributed by atoms with Crippen LogP contribution >= 0.6 is 9.24 Å². The Labute approximate surface area is 118 Å². The molecule has 1 N–H and O–H groups in total. The number of carbonyl (C=O) groups is 1. The normalized spacial score (nSPS) is 11.9. The number of nitrogens with one attached hydrogen (secondary N) is 1. The number of aryl methyl sites for hydroxylation is 1. The van der Waals surface area contributed by atoms with Crippen LogP contribution in [0.3, 0.4) is 0 Å². The van der Waals surface area contributed by atoms with Gasteiger partial charge in [-0.05, 0) is 35.2 Å². The summed E-state index contributed by atoms with van der Waals surface area (Å²) in [6.45, 7) is 4.21. The molecule has 19 heavy (non-hydrogen) atoms. The molecule has 1 unspecified atom stereocenters. The van der Waals surface area contributed by atoms with Crippen LogP contribution < -0.4 is 5.32 Å². The van der Waals surface area contributed by atoms with Gasteiger partial charge in [-0.15, -0.1) is 0 Å². The quantitative estimate of drug-likeness (QED) is 0.671. The van der Waals surface area contributed by atoms with Gasteiger partial charge in [0.25, 0.3) is 0 Å². The van der Waals surface area contributed by atoms with Crippen LogP contribution in [-0.4, -0.2) is 14.1 Å². The number of hydrogen-bond acceptors (Lipinski definition) is 1. The van der Waals surface area contributed by atoms with Gasteiger partial charge < -0.3 is 5.32 Å². The van der Waals surface area contributed by atoms with Gasteiger partial charge in [0.2, 0.25) is 0 Å². The highest BCUT2D eigenvalue weighted by Gasteiger charge is 2.15. The van der Waals surface area contributed by atoms with E-state index in [4.69, 9.17) is 0 Å². The predicted octanol–water partition coefficient (Wildman–Crippen LogP) is 3.54. The summed E-state index contributed by atoms with van der Waals surface area (Å²) in [5, 5.41) is 5.53. The number of fused-ring (bicyclic) bond motifs is 1. The molecule has 2 atom stereocenters. The molecule has 0 aliphatic heterocycles. The minimum Gasteiger partial charge on any atom is -0.317 e. The summed E-state index contributed by atoms with van der Waals surface area (Å²) in [4.78, 5) is 11.3. The molecule has 2 aromatic rings. The minimum absolute atomic E-state index is 0. The van der Waals surface area contributed by atoms with Crippen molar-refractivity contribution in [2.45, 2.75) is 26.3 Å². The molecule has 0 bridgehead atoms. The molecule has 2 aromatic carbocycles. The number of rotatable bonds is 3. The van der Waals surface area contributed by atoms with E-state index in [1.54, 1.807) is 0 Å². The summed E-state index contributed by atoms with van der Waals surface area (Å²) in [5.41, 5.74) is 2.53. The average Bonchev–Trinajstić information content (AvgIpc) is 2.36. The van der Waals surface area contributed by atoms with E-state index < -0.39 is 0 Å². The lowest BCUT2D eigenvalue weighted by molar-refractivity contribution is 0.257. The molecule has 0 fully saturated rings. The maximum atomic E-state index is 11.3. The monoisotopic (exact) mass is 271 g/mol. The molecular weight excluding hydrogens is 252 g/mol. The van der Waals surface area contributed by atoms with E-state index in [0.29, 0.717) is 0 Å². The summed E-state index contributed by atoms with van der Waals surface area (Å²) < 4.78 is 0. The van der Waals surface area contributed by atoms with E-state index in [-0.39, 0.29) is 20.1 Å². The zero-order chi connectivity index (χ0) is 13.1. The van der Waals surface area contributed by atoms with Crippen LogP contribution in [0.15, 0.2) is 36.4 Å². The second kappa shape index (κ2) is 6.72. The molecule has 2 nitrogen and oxygen atoms in total. The summed E-state index contributed by atoms with van der Waals surface area (Å²) in [7, 11) is 1.37. The van der Waals surface area contributed by atoms with E-state index >= 15 is 0 Å². The van der Waals surface area contributed by atoms with Crippen molar-refractivity contribution in [2.75, 3.05) is 0 Å². The van der Waals surface area contributed by atoms with E-state index in [1.165, 1.54) is 31.1 Å². The van der Waals surface area contributed by atoms with Crippen molar-refractivity contribution < 1.29 is 4.79 Å². The summed E-state index contributed by atoms with van der Waals surface area (Å²) in [5.74, 6) is 0. The fourth-order valence-electron chi connectivity index (χ4n) is 2.39. The molecule has 3 radical (unpaired) electrons. The molecule has 0 saturated heterocycles. The Bertz CT molecular complexity index is 585. The Morgan fingerprint density at radius 3 is 2.47 bits per heavy atom. The molecule has 1 amide bonds. The van der Waals surface area contributed by atoms with E-state index in [0.717, 1.165) is 6.42 Å². The van der Waals surface area contributed by atoms with E-state index in [1.807, 2.05) is 0 Å². The lowest BCUT2D eigenvalue weighted by Crippen LogP contribution is -2.22. The van der Waals surface area contributed by atoms with Crippen molar-refractivity contribution in [3.63, 3.8) is 0 Å². The minimum atomic E-state index is 0. The second-order valence-corrected chi connectivity index (χ2v) is 5.19. The molecule has 0 spiro atoms. The molecule has 0 aliphatic rings. The molecule has 97 valence electrons. The molecule has 0 aromatic heterocycles. The van der Waals surface area contributed by atoms with Crippen LogP contribution in [0.4, 0.5) is 4.79 Å². The molecule has 2 rings (SSSR count). The van der Waals surface area contributed by atoms with Gasteiger partial charge in [-0.25, -0.2) is 4.79 Å². The molecule has 0 aliphatic carbocycles. The van der Waals surface area contributed by atoms with Gasteiger partial charge in [0.1, 0.15) is 0 Å². The van der Waals surface area contributed by atoms with Gasteiger partial charge in [-0.1, -0.05) is 43.3 Å². The maximum absolute atomic E-state index is 11.3. The highest BCUT2D eigenvalue weighted by Crippen LogP contribution is 2.28. The lowest BCUT2D eigenvalue weighted by atomic mass is 9.95. The number of benzene rings is 2. The topological polar surface area (TPSA) is 29.1 Å². The Morgan fingerprint density at radius 1 is 1.21 bits per heavy atom. The Hall–Kier alpha value is -1.34. The third kappa shape index (κ3) is 3.36. The maximum Gasteiger partial charge on any atom is 0.352 e. The Balaban J connectivity index is 0.00000180. The van der Waals surface area contributed by atoms with Gasteiger partial charge in [0, 0.05) is 8.41 Å². The van der Waals surface area contributed by atoms with Crippen LogP contribution in [0, 0.1) is 6.92 Å². The highest BCUT2D eigenvalue weighted by molar-refractivity contribution is 7.39. The fourth-order valence-corrected chi connectivity index (χ4v) is 2.64. The van der Waals surface area contributed by atoms with Crippen LogP contribution in [0.25, 0.3) is 10.8 Å². The van der Waals surface area contributed by atoms with Crippen LogP contribution in [-0.2, 0) is 0 Å². The van der Waals surface area contributed by atoms with Gasteiger partial charge in [-0.3, -0.25) is 0 Å². The first kappa shape index (κ1) is 15.7. The molecule has 0 heterocycles. The predicted molar refractivity (Wildman–Crippen MR) is 87.1 cm³/mol. The third-order valence-corrected chi connectivity index (χ3v) is 3.50. The Kier molecular flexibility index (Phi) is 5.56. The first-order valence-corrected chi connectivity index (χ1v) is 6.95. The van der Waals surface area contributed by atoms with Crippen molar-refractivity contribution >= 4 is 34.1 Å². The van der Waals surface area contributed by atoms with Crippen molar-refractivity contribution in [3.8, 4) is 0 Å². The van der Waals surface area contributed by atoms with Crippen molar-refractivity contribution in [2.24, 2.45) is 0 Å². The first-order valence-electron chi connectivity index (χ1n) is 6.24. The van der Waals surface area contributed by atoms with Gasteiger partial charge in [0.05, 0.1) is 15.3 Å². The largest absolute Gasteiger partial charge is 0.352 e. The number of carbonyl (C=O) groups excluding carboxylic acids is 1. The summed E-state index contributed by atoms with van der Waals surface area (Å²) in [6, 6.07) is 12.7. The SMILES string of the molecule is CC[C@H](NC(=O)[PH3+])c1cccc2c(C)cccc12.[B]. The lowest BCUT2D eigenvalue weighted by Gasteiger charge is -2.17. The van der Waals surface area contributed by atoms with Crippen molar-refractivity contribution in [3.05, 3.63) is 47.5 Å². The third-order valence-electron chi connectivity index (χ3n) is 3.29. The van der Waals surface area contributed by atoms with Gasteiger partial charge in [0.15, 0.2) is 0 Å². The van der Waals surface area contributed by atoms with Crippen LogP contribution in [0.1, 0.15) is 30.5 Å². The van der Waals surface area contributed by atoms with E-state index in [2.05, 4.69) is 55.6 Å². The van der Waals surface area contributed by atoms with Gasteiger partial charge in [-0.2, -0.15) is 0 Å². The highest BCUT2D eigenvalue weighted by atomic mass is 31.0. The number of hydrogen-bond donors (Lipinski definition) is 1. The molecule has 4 heteroatoms. The van der Waals surface area contributed by atoms with Crippen LogP contribution in [0.2, 0.25) is 0 Å². The number of amides is 1. The zero-order valence-corrected chi connectivity index (χ0v) is 12.9. The molecular formula is C15H19BNOP+. The van der Waals surface area contributed by atoms with E-state index in [9.17, 15) is 4.79 Å². The van der Waals surface area contributed by atoms with Crippen molar-refractivity contribution in [1.29, 1.82) is 0 Å². The molecule has 0 saturated carbocycles. The summed E-state index contributed by atoms with van der Waals surface area (Å²) >= 11 is 0. The standard InChI is InChI=1S/C15H18NOP.B/c1-3-14(16-15(17)18)13-9-5-7-11-10(2)6-4-8-12(11)13;/h4-9,14H,3,18H2,1-2H3,(H,16,17);/p+1/t14-;/m0./s1. The van der Waals surface area contributed by atoms with Crippen LogP contribution in [0.5, 0.6) is 0 Å². The second-order valence-electron chi connectivity index (χ2n) is 4.55. The Morgan fingerprint density at radius 2 is 1.84 bits per heavy atom. The average molecular weight is 271 g/mol. The zero-order valence-electron chi connectivity index (χ0n) is 11.4. The fraction of sp³-hybridized carbons (Fsp3) is 0.267. The van der Waals surface area contributed by atoms with Crippen molar-refractivity contribution in [1.82, 2.24) is 5.32 Å². The summed E-state index contributed by atoms with van der Waals surface area (Å²) in [6.07, 6.45) is 0.900. The smallest absolute Gasteiger partial charge is 0.317 e. The van der Waals surface area contributed by atoms with Gasteiger partial charge >= 0.3 is 5.65 Å². The first-order chi connectivity index (χ1) is 8.63.